The van der Waals surface area contributed by atoms with E-state index in [1.165, 1.54) is 10.6 Å². The largest absolute Gasteiger partial charge is 0.346 e. The van der Waals surface area contributed by atoms with Crippen molar-refractivity contribution in [1.82, 2.24) is 5.01 Å². The van der Waals surface area contributed by atoms with Gasteiger partial charge in [0.2, 0.25) is 0 Å². The average Bonchev–Trinajstić information content (AvgIpc) is 2.53. The van der Waals surface area contributed by atoms with Gasteiger partial charge < -0.3 is 0 Å². The molecule has 3 rings (SSSR count). The highest BCUT2D eigenvalue weighted by Gasteiger charge is 2.30. The summed E-state index contributed by atoms with van der Waals surface area (Å²) in [6.07, 6.45) is 1.95. The molecule has 0 spiro atoms. The van der Waals surface area contributed by atoms with E-state index < -0.39 is 0 Å². The monoisotopic (exact) mass is 264 g/mol. The minimum absolute atomic E-state index is 0.134. The zero-order valence-electron chi connectivity index (χ0n) is 9.84. The normalized spacial score (nSPS) is 17.7. The van der Waals surface area contributed by atoms with Crippen molar-refractivity contribution in [3.05, 3.63) is 23.8 Å². The van der Waals surface area contributed by atoms with E-state index in [1.54, 1.807) is 4.90 Å². The lowest BCUT2D eigenvalue weighted by molar-refractivity contribution is 0.207. The SMILES string of the molecule is O=C1N(CCCl)N=Nc2cccc3c2N1CCC3. The van der Waals surface area contributed by atoms with Crippen LogP contribution in [-0.4, -0.2) is 30.0 Å². The Labute approximate surface area is 110 Å². The summed E-state index contributed by atoms with van der Waals surface area (Å²) in [5.41, 5.74) is 2.84. The zero-order chi connectivity index (χ0) is 12.5. The van der Waals surface area contributed by atoms with Gasteiger partial charge >= 0.3 is 6.03 Å². The smallest absolute Gasteiger partial charge is 0.290 e. The number of benzene rings is 1. The van der Waals surface area contributed by atoms with Crippen LogP contribution in [0.15, 0.2) is 28.5 Å². The van der Waals surface area contributed by atoms with Crippen LogP contribution in [0.3, 0.4) is 0 Å². The van der Waals surface area contributed by atoms with Crippen LogP contribution in [0.4, 0.5) is 16.2 Å². The van der Waals surface area contributed by atoms with Crippen LogP contribution in [-0.2, 0) is 6.42 Å². The van der Waals surface area contributed by atoms with Crippen molar-refractivity contribution in [2.24, 2.45) is 10.3 Å². The second-order valence-electron chi connectivity index (χ2n) is 4.32. The molecule has 2 aliphatic rings. The molecule has 0 aromatic heterocycles. The van der Waals surface area contributed by atoms with Crippen LogP contribution < -0.4 is 4.90 Å². The number of amides is 2. The molecule has 18 heavy (non-hydrogen) atoms. The van der Waals surface area contributed by atoms with Gasteiger partial charge in [-0.3, -0.25) is 4.90 Å². The van der Waals surface area contributed by atoms with E-state index in [0.29, 0.717) is 19.0 Å². The number of hydrogen-bond acceptors (Lipinski definition) is 3. The van der Waals surface area contributed by atoms with Crippen LogP contribution in [0, 0.1) is 0 Å². The molecule has 2 heterocycles. The highest BCUT2D eigenvalue weighted by Crippen LogP contribution is 2.38. The maximum Gasteiger partial charge on any atom is 0.346 e. The highest BCUT2D eigenvalue weighted by atomic mass is 35.5. The van der Waals surface area contributed by atoms with Gasteiger partial charge in [0.1, 0.15) is 5.69 Å². The third kappa shape index (κ3) is 1.75. The number of nitrogens with zero attached hydrogens (tertiary/aromatic N) is 4. The summed E-state index contributed by atoms with van der Waals surface area (Å²) in [7, 11) is 0. The van der Waals surface area contributed by atoms with Crippen LogP contribution >= 0.6 is 11.6 Å². The number of alkyl halides is 1. The lowest BCUT2D eigenvalue weighted by Crippen LogP contribution is -2.43. The Morgan fingerprint density at radius 2 is 2.28 bits per heavy atom. The van der Waals surface area contributed by atoms with E-state index in [0.717, 1.165) is 24.2 Å². The number of carbonyl (C=O) groups is 1. The zero-order valence-corrected chi connectivity index (χ0v) is 10.6. The average molecular weight is 265 g/mol. The summed E-state index contributed by atoms with van der Waals surface area (Å²) in [6, 6.07) is 5.76. The molecule has 1 aromatic carbocycles. The van der Waals surface area contributed by atoms with Gasteiger partial charge in [0.05, 0.1) is 12.2 Å². The molecule has 0 bridgehead atoms. The first-order valence-electron chi connectivity index (χ1n) is 6.00. The Bertz CT molecular complexity index is 517. The summed E-state index contributed by atoms with van der Waals surface area (Å²) in [5, 5.41) is 9.48. The van der Waals surface area contributed by atoms with Crippen molar-refractivity contribution in [2.45, 2.75) is 12.8 Å². The number of halogens is 1. The molecule has 2 amide bonds. The number of carbonyl (C=O) groups excluding carboxylic acids is 1. The highest BCUT2D eigenvalue weighted by molar-refractivity contribution is 6.18. The Balaban J connectivity index is 2.08. The summed E-state index contributed by atoms with van der Waals surface area (Å²) in [4.78, 5) is 14.1. The van der Waals surface area contributed by atoms with E-state index in [2.05, 4.69) is 10.3 Å². The Kier molecular flexibility index (Phi) is 2.91. The van der Waals surface area contributed by atoms with Gasteiger partial charge in [0, 0.05) is 12.4 Å². The number of aryl methyl sites for hydroxylation is 1. The number of rotatable bonds is 2. The molecule has 0 unspecified atom stereocenters. The molecule has 0 N–H and O–H groups in total. The van der Waals surface area contributed by atoms with Crippen molar-refractivity contribution < 1.29 is 4.79 Å². The summed E-state index contributed by atoms with van der Waals surface area (Å²) >= 11 is 5.69. The molecule has 0 saturated heterocycles. The van der Waals surface area contributed by atoms with Gasteiger partial charge in [0.25, 0.3) is 0 Å². The Hall–Kier alpha value is -1.62. The summed E-state index contributed by atoms with van der Waals surface area (Å²) in [6.45, 7) is 1.09. The van der Waals surface area contributed by atoms with Crippen molar-refractivity contribution >= 4 is 29.0 Å². The van der Waals surface area contributed by atoms with Gasteiger partial charge in [0.15, 0.2) is 0 Å². The number of anilines is 1. The van der Waals surface area contributed by atoms with Gasteiger partial charge in [-0.25, -0.2) is 4.79 Å². The topological polar surface area (TPSA) is 48.3 Å². The first-order chi connectivity index (χ1) is 8.81. The third-order valence-electron chi connectivity index (χ3n) is 3.20. The number of hydrogen-bond donors (Lipinski definition) is 0. The predicted octanol–water partition coefficient (Wildman–Crippen LogP) is 3.11. The fourth-order valence-electron chi connectivity index (χ4n) is 2.40. The molecular formula is C12H13ClN4O. The summed E-state index contributed by atoms with van der Waals surface area (Å²) < 4.78 is 0. The molecule has 94 valence electrons. The number of para-hydroxylation sites is 1. The first-order valence-corrected chi connectivity index (χ1v) is 6.53. The molecule has 0 radical (unpaired) electrons. The fourth-order valence-corrected chi connectivity index (χ4v) is 2.56. The van der Waals surface area contributed by atoms with E-state index in [1.807, 2.05) is 18.2 Å². The Morgan fingerprint density at radius 3 is 3.11 bits per heavy atom. The molecule has 0 fully saturated rings. The van der Waals surface area contributed by atoms with Gasteiger partial charge in [-0.15, -0.1) is 16.7 Å². The second kappa shape index (κ2) is 4.57. The molecule has 2 aliphatic heterocycles. The van der Waals surface area contributed by atoms with Gasteiger partial charge in [-0.05, 0) is 24.5 Å². The molecule has 6 heteroatoms. The maximum absolute atomic E-state index is 12.4. The van der Waals surface area contributed by atoms with E-state index in [9.17, 15) is 4.79 Å². The molecule has 0 saturated carbocycles. The lowest BCUT2D eigenvalue weighted by Gasteiger charge is -2.30. The van der Waals surface area contributed by atoms with Crippen LogP contribution in [0.25, 0.3) is 0 Å². The van der Waals surface area contributed by atoms with Crippen molar-refractivity contribution in [3.63, 3.8) is 0 Å². The Morgan fingerprint density at radius 1 is 1.39 bits per heavy atom. The molecular weight excluding hydrogens is 252 g/mol. The van der Waals surface area contributed by atoms with Crippen molar-refractivity contribution in [2.75, 3.05) is 23.9 Å². The molecule has 1 aromatic rings. The standard InChI is InChI=1S/C12H13ClN4O/c13-6-8-17-12(18)16-7-2-4-9-3-1-5-10(11(9)16)14-15-17/h1,3,5H,2,4,6-8H2. The van der Waals surface area contributed by atoms with E-state index in [-0.39, 0.29) is 6.03 Å². The molecule has 0 aliphatic carbocycles. The van der Waals surface area contributed by atoms with Gasteiger partial charge in [-0.1, -0.05) is 17.4 Å². The van der Waals surface area contributed by atoms with Crippen LogP contribution in [0.2, 0.25) is 0 Å². The van der Waals surface area contributed by atoms with E-state index in [4.69, 9.17) is 11.6 Å². The van der Waals surface area contributed by atoms with Crippen molar-refractivity contribution in [1.29, 1.82) is 0 Å². The van der Waals surface area contributed by atoms with Crippen LogP contribution in [0.1, 0.15) is 12.0 Å². The third-order valence-corrected chi connectivity index (χ3v) is 3.37. The molecule has 5 nitrogen and oxygen atoms in total. The maximum atomic E-state index is 12.4. The second-order valence-corrected chi connectivity index (χ2v) is 4.70. The first kappa shape index (κ1) is 11.5. The molecule has 0 atom stereocenters. The lowest BCUT2D eigenvalue weighted by atomic mass is 10.0. The van der Waals surface area contributed by atoms with Gasteiger partial charge in [-0.2, -0.15) is 5.01 Å². The fraction of sp³-hybridized carbons (Fsp3) is 0.417. The minimum Gasteiger partial charge on any atom is -0.290 e. The number of urea groups is 1. The predicted molar refractivity (Wildman–Crippen MR) is 69.4 cm³/mol. The van der Waals surface area contributed by atoms with Crippen molar-refractivity contribution in [3.8, 4) is 0 Å². The minimum atomic E-state index is -0.134. The van der Waals surface area contributed by atoms with Crippen LogP contribution in [0.5, 0.6) is 0 Å². The summed E-state index contributed by atoms with van der Waals surface area (Å²) in [5.74, 6) is 0.349. The quantitative estimate of drug-likeness (QED) is 0.757. The van der Waals surface area contributed by atoms with E-state index >= 15 is 0 Å².